The quantitative estimate of drug-likeness (QED) is 0.904. The fourth-order valence-electron chi connectivity index (χ4n) is 3.12. The molecule has 3 rings (SSSR count). The number of alkyl halides is 3. The zero-order valence-electron chi connectivity index (χ0n) is 13.8. The number of hydrogen-bond acceptors (Lipinski definition) is 3. The molecule has 1 aromatic carbocycles. The highest BCUT2D eigenvalue weighted by molar-refractivity contribution is 5.94. The highest BCUT2D eigenvalue weighted by Crippen LogP contribution is 2.33. The molecule has 1 aromatic heterocycles. The molecule has 1 atom stereocenters. The molecule has 1 N–H and O–H groups in total. The lowest BCUT2D eigenvalue weighted by Gasteiger charge is -2.21. The molecule has 2 heterocycles. The zero-order chi connectivity index (χ0) is 19.1. The molecule has 0 aliphatic carbocycles. The van der Waals surface area contributed by atoms with E-state index in [9.17, 15) is 22.8 Å². The van der Waals surface area contributed by atoms with Crippen molar-refractivity contribution in [2.24, 2.45) is 0 Å². The third kappa shape index (κ3) is 3.16. The Balaban J connectivity index is 1.95. The van der Waals surface area contributed by atoms with Crippen LogP contribution in [0.5, 0.6) is 0 Å². The van der Waals surface area contributed by atoms with Crippen LogP contribution >= 0.6 is 0 Å². The summed E-state index contributed by atoms with van der Waals surface area (Å²) in [4.78, 5) is 25.2. The lowest BCUT2D eigenvalue weighted by Crippen LogP contribution is -2.33. The molecule has 0 radical (unpaired) electrons. The van der Waals surface area contributed by atoms with Gasteiger partial charge in [0.2, 0.25) is 0 Å². The summed E-state index contributed by atoms with van der Waals surface area (Å²) in [5.74, 6) is -1.89. The Bertz CT molecular complexity index is 843. The van der Waals surface area contributed by atoms with Gasteiger partial charge in [0, 0.05) is 18.2 Å². The van der Waals surface area contributed by atoms with Gasteiger partial charge in [-0.25, -0.2) is 9.48 Å². The van der Waals surface area contributed by atoms with Gasteiger partial charge in [-0.05, 0) is 44.0 Å². The number of carboxylic acid groups (broad SMARTS) is 1. The fraction of sp³-hybridized carbons (Fsp3) is 0.353. The number of benzene rings is 1. The van der Waals surface area contributed by atoms with Crippen LogP contribution in [0.15, 0.2) is 30.5 Å². The maximum absolute atomic E-state index is 13.3. The molecule has 1 aliphatic heterocycles. The van der Waals surface area contributed by atoms with E-state index < -0.39 is 23.4 Å². The van der Waals surface area contributed by atoms with Crippen LogP contribution in [0.4, 0.5) is 13.2 Å². The summed E-state index contributed by atoms with van der Waals surface area (Å²) in [5.41, 5.74) is -1.90. The van der Waals surface area contributed by atoms with Gasteiger partial charge in [0.05, 0.1) is 11.9 Å². The molecule has 1 saturated heterocycles. The van der Waals surface area contributed by atoms with E-state index >= 15 is 0 Å². The molecule has 26 heavy (non-hydrogen) atoms. The van der Waals surface area contributed by atoms with Crippen LogP contribution in [0.2, 0.25) is 0 Å². The van der Waals surface area contributed by atoms with Gasteiger partial charge in [0.1, 0.15) is 5.56 Å². The molecule has 0 spiro atoms. The first-order valence-electron chi connectivity index (χ1n) is 8.00. The van der Waals surface area contributed by atoms with Gasteiger partial charge >= 0.3 is 12.1 Å². The van der Waals surface area contributed by atoms with Crippen molar-refractivity contribution in [2.75, 3.05) is 6.54 Å². The highest BCUT2D eigenvalue weighted by Gasteiger charge is 2.40. The van der Waals surface area contributed by atoms with Gasteiger partial charge < -0.3 is 10.0 Å². The van der Waals surface area contributed by atoms with E-state index in [4.69, 9.17) is 5.11 Å². The van der Waals surface area contributed by atoms with E-state index in [0.29, 0.717) is 23.0 Å². The van der Waals surface area contributed by atoms with Crippen molar-refractivity contribution in [3.63, 3.8) is 0 Å². The molecular formula is C17H16F3N3O3. The van der Waals surface area contributed by atoms with Crippen molar-refractivity contribution < 1.29 is 27.9 Å². The Kier molecular flexibility index (Phi) is 4.47. The van der Waals surface area contributed by atoms with Gasteiger partial charge in [-0.2, -0.15) is 18.3 Å². The first-order valence-corrected chi connectivity index (χ1v) is 8.00. The average molecular weight is 367 g/mol. The second-order valence-corrected chi connectivity index (χ2v) is 6.16. The smallest absolute Gasteiger partial charge is 0.434 e. The van der Waals surface area contributed by atoms with E-state index in [0.717, 1.165) is 12.8 Å². The second kappa shape index (κ2) is 6.47. The maximum atomic E-state index is 13.3. The number of likely N-dealkylation sites (tertiary alicyclic amines) is 1. The standard InChI is InChI=1S/C17H16F3N3O3/c1-10-3-2-8-22(10)15(24)11-4-6-12(7-5-11)23-14(17(18,19)20)13(9-21-23)16(25)26/h4-7,9-10H,2-3,8H2,1H3,(H,25,26). The molecule has 6 nitrogen and oxygen atoms in total. The number of rotatable bonds is 3. The summed E-state index contributed by atoms with van der Waals surface area (Å²) in [7, 11) is 0. The number of aromatic nitrogens is 2. The van der Waals surface area contributed by atoms with Crippen LogP contribution in [0.25, 0.3) is 5.69 Å². The number of amides is 1. The molecule has 1 fully saturated rings. The molecule has 2 aromatic rings. The summed E-state index contributed by atoms with van der Waals surface area (Å²) in [6.45, 7) is 2.60. The van der Waals surface area contributed by atoms with E-state index in [2.05, 4.69) is 5.10 Å². The minimum atomic E-state index is -4.89. The average Bonchev–Trinajstić information content (AvgIpc) is 3.20. The number of carboxylic acids is 1. The Labute approximate surface area is 146 Å². The van der Waals surface area contributed by atoms with E-state index in [1.807, 2.05) is 6.92 Å². The van der Waals surface area contributed by atoms with Crippen LogP contribution in [-0.4, -0.2) is 44.3 Å². The van der Waals surface area contributed by atoms with Crippen LogP contribution in [-0.2, 0) is 6.18 Å². The lowest BCUT2D eigenvalue weighted by atomic mass is 10.1. The van der Waals surface area contributed by atoms with Crippen LogP contribution in [0.1, 0.15) is 46.2 Å². The second-order valence-electron chi connectivity index (χ2n) is 6.16. The van der Waals surface area contributed by atoms with Crippen LogP contribution in [0, 0.1) is 0 Å². The molecule has 138 valence electrons. The predicted octanol–water partition coefficient (Wildman–Crippen LogP) is 3.21. The molecule has 1 aliphatic rings. The summed E-state index contributed by atoms with van der Waals surface area (Å²) in [6, 6.07) is 5.61. The van der Waals surface area contributed by atoms with E-state index in [-0.39, 0.29) is 17.6 Å². The summed E-state index contributed by atoms with van der Waals surface area (Å²) < 4.78 is 40.3. The normalized spacial score (nSPS) is 17.5. The first-order chi connectivity index (χ1) is 12.2. The van der Waals surface area contributed by atoms with Crippen molar-refractivity contribution in [1.29, 1.82) is 0 Å². The number of halogens is 3. The van der Waals surface area contributed by atoms with Crippen molar-refractivity contribution in [3.05, 3.63) is 47.3 Å². The molecule has 1 amide bonds. The Morgan fingerprint density at radius 3 is 2.38 bits per heavy atom. The topological polar surface area (TPSA) is 75.4 Å². The Morgan fingerprint density at radius 1 is 1.23 bits per heavy atom. The molecule has 1 unspecified atom stereocenters. The summed E-state index contributed by atoms with van der Waals surface area (Å²) in [6.07, 6.45) is -2.38. The lowest BCUT2D eigenvalue weighted by molar-refractivity contribution is -0.143. The minimum Gasteiger partial charge on any atom is -0.478 e. The van der Waals surface area contributed by atoms with E-state index in [1.165, 1.54) is 24.3 Å². The van der Waals surface area contributed by atoms with Crippen molar-refractivity contribution in [3.8, 4) is 5.69 Å². The molecule has 0 bridgehead atoms. The van der Waals surface area contributed by atoms with Gasteiger partial charge in [-0.3, -0.25) is 4.79 Å². The van der Waals surface area contributed by atoms with Gasteiger partial charge in [0.15, 0.2) is 5.69 Å². The molecular weight excluding hydrogens is 351 g/mol. The third-order valence-corrected chi connectivity index (χ3v) is 4.44. The largest absolute Gasteiger partial charge is 0.478 e. The van der Waals surface area contributed by atoms with Crippen molar-refractivity contribution >= 4 is 11.9 Å². The monoisotopic (exact) mass is 367 g/mol. The van der Waals surface area contributed by atoms with E-state index in [1.54, 1.807) is 4.90 Å². The van der Waals surface area contributed by atoms with Gasteiger partial charge in [0.25, 0.3) is 5.91 Å². The van der Waals surface area contributed by atoms with Gasteiger partial charge in [-0.1, -0.05) is 0 Å². The van der Waals surface area contributed by atoms with Crippen molar-refractivity contribution in [2.45, 2.75) is 32.0 Å². The zero-order valence-corrected chi connectivity index (χ0v) is 13.8. The number of carbonyl (C=O) groups excluding carboxylic acids is 1. The number of nitrogens with zero attached hydrogens (tertiary/aromatic N) is 3. The SMILES string of the molecule is CC1CCCN1C(=O)c1ccc(-n2ncc(C(=O)O)c2C(F)(F)F)cc1. The Hall–Kier alpha value is -2.84. The number of carbonyl (C=O) groups is 2. The molecule has 9 heteroatoms. The Morgan fingerprint density at radius 2 is 1.88 bits per heavy atom. The third-order valence-electron chi connectivity index (χ3n) is 4.44. The fourth-order valence-corrected chi connectivity index (χ4v) is 3.12. The predicted molar refractivity (Wildman–Crippen MR) is 85.3 cm³/mol. The highest BCUT2D eigenvalue weighted by atomic mass is 19.4. The minimum absolute atomic E-state index is 0.0239. The number of aromatic carboxylic acids is 1. The summed E-state index contributed by atoms with van der Waals surface area (Å²) >= 11 is 0. The molecule has 0 saturated carbocycles. The maximum Gasteiger partial charge on any atom is 0.434 e. The van der Waals surface area contributed by atoms with Gasteiger partial charge in [-0.15, -0.1) is 0 Å². The van der Waals surface area contributed by atoms with Crippen LogP contribution < -0.4 is 0 Å². The van der Waals surface area contributed by atoms with Crippen molar-refractivity contribution in [1.82, 2.24) is 14.7 Å². The first kappa shape index (κ1) is 18.0. The van der Waals surface area contributed by atoms with Crippen LogP contribution in [0.3, 0.4) is 0 Å². The number of hydrogen-bond donors (Lipinski definition) is 1. The summed E-state index contributed by atoms with van der Waals surface area (Å²) in [5, 5.41) is 12.5.